The van der Waals surface area contributed by atoms with Crippen molar-refractivity contribution in [2.75, 3.05) is 19.6 Å². The van der Waals surface area contributed by atoms with Crippen molar-refractivity contribution >= 4 is 12.0 Å². The molecule has 224 valence electrons. The molecule has 40 heavy (non-hydrogen) atoms. The van der Waals surface area contributed by atoms with Gasteiger partial charge in [-0.15, -0.1) is 0 Å². The Labute approximate surface area is 228 Å². The van der Waals surface area contributed by atoms with E-state index in [-0.39, 0.29) is 31.9 Å². The maximum Gasteiger partial charge on any atom is 0.410 e. The van der Waals surface area contributed by atoms with Crippen molar-refractivity contribution in [3.05, 3.63) is 11.7 Å². The summed E-state index contributed by atoms with van der Waals surface area (Å²) in [5, 5.41) is 14.4. The molecule has 1 spiro atoms. The topological polar surface area (TPSA) is 109 Å². The van der Waals surface area contributed by atoms with Crippen LogP contribution < -0.4 is 0 Å². The maximum absolute atomic E-state index is 14.5. The highest BCUT2D eigenvalue weighted by Crippen LogP contribution is 2.52. The third-order valence-electron chi connectivity index (χ3n) is 9.06. The van der Waals surface area contributed by atoms with Gasteiger partial charge in [-0.05, 0) is 46.5 Å². The number of likely N-dealkylation sites (tertiary alicyclic amines) is 2. The van der Waals surface area contributed by atoms with Crippen molar-refractivity contribution in [3.63, 3.8) is 0 Å². The molecule has 0 unspecified atom stereocenters. The van der Waals surface area contributed by atoms with Crippen LogP contribution in [0.5, 0.6) is 0 Å². The lowest BCUT2D eigenvalue weighted by Crippen LogP contribution is -2.65. The van der Waals surface area contributed by atoms with E-state index in [1.54, 1.807) is 20.8 Å². The van der Waals surface area contributed by atoms with E-state index in [1.165, 1.54) is 9.80 Å². The predicted molar refractivity (Wildman–Crippen MR) is 128 cm³/mol. The third-order valence-corrected chi connectivity index (χ3v) is 9.06. The van der Waals surface area contributed by atoms with Gasteiger partial charge in [0.05, 0.1) is 6.10 Å². The van der Waals surface area contributed by atoms with Crippen LogP contribution in [-0.4, -0.2) is 86.5 Å². The number of nitrogens with zero attached hydrogens (tertiary/aromatic N) is 4. The number of rotatable bonds is 3. The molecule has 3 heterocycles. The van der Waals surface area contributed by atoms with Crippen molar-refractivity contribution in [2.24, 2.45) is 5.41 Å². The Morgan fingerprint density at radius 1 is 1.07 bits per heavy atom. The first-order valence-corrected chi connectivity index (χ1v) is 13.7. The minimum absolute atomic E-state index is 0.0286. The molecule has 2 saturated heterocycles. The SMILES string of the molecule is CC(C)(C)OC(=O)N1CC2(CCC2)[C@H](O)C[C@H]1C(=O)N1CCC(c2noc(C3CC(F)(F)C3)n2)(C(F)(F)F)CC1. The van der Waals surface area contributed by atoms with Crippen LogP contribution in [-0.2, 0) is 14.9 Å². The molecule has 1 aromatic rings. The molecule has 9 nitrogen and oxygen atoms in total. The molecule has 2 aliphatic heterocycles. The first kappa shape index (κ1) is 29.0. The number of hydrogen-bond donors (Lipinski definition) is 1. The van der Waals surface area contributed by atoms with Gasteiger partial charge in [-0.1, -0.05) is 11.6 Å². The number of carbonyl (C=O) groups excluding carboxylic acids is 2. The van der Waals surface area contributed by atoms with E-state index < -0.39 is 90.1 Å². The Bertz CT molecular complexity index is 1130. The Morgan fingerprint density at radius 3 is 2.20 bits per heavy atom. The lowest BCUT2D eigenvalue weighted by atomic mass is 9.61. The summed E-state index contributed by atoms with van der Waals surface area (Å²) in [4.78, 5) is 33.3. The zero-order chi connectivity index (χ0) is 29.3. The van der Waals surface area contributed by atoms with Crippen molar-refractivity contribution < 1.29 is 45.9 Å². The minimum Gasteiger partial charge on any atom is -0.444 e. The predicted octanol–water partition coefficient (Wildman–Crippen LogP) is 4.55. The molecule has 4 fully saturated rings. The van der Waals surface area contributed by atoms with E-state index in [2.05, 4.69) is 10.1 Å². The molecule has 0 bridgehead atoms. The Hall–Kier alpha value is -2.51. The van der Waals surface area contributed by atoms with Gasteiger partial charge in [0, 0.05) is 50.2 Å². The number of aliphatic hydroxyl groups is 1. The van der Waals surface area contributed by atoms with Crippen LogP contribution in [0.3, 0.4) is 0 Å². The summed E-state index contributed by atoms with van der Waals surface area (Å²) in [6.07, 6.45) is -6.28. The lowest BCUT2D eigenvalue weighted by molar-refractivity contribution is -0.207. The molecule has 1 aromatic heterocycles. The van der Waals surface area contributed by atoms with E-state index in [1.807, 2.05) is 0 Å². The number of aromatic nitrogens is 2. The number of hydrogen-bond acceptors (Lipinski definition) is 7. The average molecular weight is 579 g/mol. The van der Waals surface area contributed by atoms with Gasteiger partial charge >= 0.3 is 12.3 Å². The van der Waals surface area contributed by atoms with E-state index >= 15 is 0 Å². The lowest BCUT2D eigenvalue weighted by Gasteiger charge is -2.54. The minimum atomic E-state index is -4.78. The largest absolute Gasteiger partial charge is 0.444 e. The molecule has 2 atom stereocenters. The van der Waals surface area contributed by atoms with Crippen LogP contribution in [0.25, 0.3) is 0 Å². The third kappa shape index (κ3) is 5.04. The van der Waals surface area contributed by atoms with Crippen LogP contribution in [0.4, 0.5) is 26.7 Å². The van der Waals surface area contributed by atoms with Crippen LogP contribution in [0.1, 0.15) is 89.8 Å². The quantitative estimate of drug-likeness (QED) is 0.525. The summed E-state index contributed by atoms with van der Waals surface area (Å²) >= 11 is 0. The highest BCUT2D eigenvalue weighted by molar-refractivity contribution is 5.86. The Kier molecular flexibility index (Phi) is 6.90. The normalized spacial score (nSPS) is 28.1. The van der Waals surface area contributed by atoms with Crippen molar-refractivity contribution in [1.82, 2.24) is 19.9 Å². The standard InChI is InChI=1S/C26H35F5N4O5/c1-22(2,3)39-21(38)35-14-23(5-4-6-23)17(36)11-16(35)19(37)34-9-7-24(8-10-34,26(29,30)31)20-32-18(40-33-20)15-12-25(27,28)13-15/h15-17,36H,4-14H2,1-3H3/t16-,17+/m0/s1. The van der Waals surface area contributed by atoms with Gasteiger partial charge < -0.3 is 19.3 Å². The Morgan fingerprint density at radius 2 is 1.70 bits per heavy atom. The summed E-state index contributed by atoms with van der Waals surface area (Å²) < 4.78 is 80.4. The second-order valence-electron chi connectivity index (χ2n) is 12.9. The van der Waals surface area contributed by atoms with E-state index in [9.17, 15) is 36.6 Å². The van der Waals surface area contributed by atoms with Crippen LogP contribution in [0, 0.1) is 5.41 Å². The number of amides is 2. The first-order valence-electron chi connectivity index (χ1n) is 13.7. The highest BCUT2D eigenvalue weighted by Gasteiger charge is 2.61. The van der Waals surface area contributed by atoms with Gasteiger partial charge in [0.2, 0.25) is 17.7 Å². The average Bonchev–Trinajstić information content (AvgIpc) is 3.29. The second-order valence-corrected chi connectivity index (χ2v) is 12.9. The Balaban J connectivity index is 1.32. The number of piperidine rings is 2. The van der Waals surface area contributed by atoms with Crippen LogP contribution in [0.15, 0.2) is 4.52 Å². The van der Waals surface area contributed by atoms with E-state index in [4.69, 9.17) is 9.26 Å². The van der Waals surface area contributed by atoms with Crippen LogP contribution in [0.2, 0.25) is 0 Å². The molecule has 0 radical (unpaired) electrons. The fourth-order valence-electron chi connectivity index (χ4n) is 6.40. The zero-order valence-electron chi connectivity index (χ0n) is 22.8. The van der Waals surface area contributed by atoms with E-state index in [0.717, 1.165) is 6.42 Å². The summed E-state index contributed by atoms with van der Waals surface area (Å²) in [7, 11) is 0. The molecular formula is C26H35F5N4O5. The second kappa shape index (κ2) is 9.52. The number of alkyl halides is 5. The molecule has 2 saturated carbocycles. The van der Waals surface area contributed by atoms with Gasteiger partial charge in [-0.2, -0.15) is 18.2 Å². The van der Waals surface area contributed by atoms with Crippen molar-refractivity contribution in [2.45, 2.75) is 113 Å². The molecule has 0 aromatic carbocycles. The number of halogens is 5. The molecule has 4 aliphatic rings. The number of carbonyl (C=O) groups is 2. The smallest absolute Gasteiger partial charge is 0.410 e. The van der Waals surface area contributed by atoms with Crippen molar-refractivity contribution in [1.29, 1.82) is 0 Å². The van der Waals surface area contributed by atoms with Gasteiger partial charge in [0.25, 0.3) is 0 Å². The van der Waals surface area contributed by atoms with Gasteiger partial charge in [-0.25, -0.2) is 13.6 Å². The summed E-state index contributed by atoms with van der Waals surface area (Å²) in [5.74, 6) is -5.10. The summed E-state index contributed by atoms with van der Waals surface area (Å²) in [6.45, 7) is 4.61. The summed E-state index contributed by atoms with van der Waals surface area (Å²) in [5.41, 5.74) is -3.85. The molecule has 2 amide bonds. The molecular weight excluding hydrogens is 543 g/mol. The fraction of sp³-hybridized carbons (Fsp3) is 0.846. The molecule has 2 aliphatic carbocycles. The number of aliphatic hydroxyl groups excluding tert-OH is 1. The number of ether oxygens (including phenoxy) is 1. The highest BCUT2D eigenvalue weighted by atomic mass is 19.4. The monoisotopic (exact) mass is 578 g/mol. The maximum atomic E-state index is 14.5. The van der Waals surface area contributed by atoms with Crippen molar-refractivity contribution in [3.8, 4) is 0 Å². The molecule has 5 rings (SSSR count). The molecule has 14 heteroatoms. The summed E-state index contributed by atoms with van der Waals surface area (Å²) in [6, 6.07) is -1.08. The van der Waals surface area contributed by atoms with Gasteiger partial charge in [-0.3, -0.25) is 9.69 Å². The van der Waals surface area contributed by atoms with E-state index in [0.29, 0.717) is 12.8 Å². The molecule has 1 N–H and O–H groups in total. The van der Waals surface area contributed by atoms with Crippen LogP contribution >= 0.6 is 0 Å². The first-order chi connectivity index (χ1) is 18.5. The van der Waals surface area contributed by atoms with Gasteiger partial charge in [0.1, 0.15) is 17.1 Å². The fourth-order valence-corrected chi connectivity index (χ4v) is 6.40. The zero-order valence-corrected chi connectivity index (χ0v) is 22.8. The van der Waals surface area contributed by atoms with Gasteiger partial charge in [0.15, 0.2) is 5.82 Å².